The van der Waals surface area contributed by atoms with Gasteiger partial charge in [0.15, 0.2) is 16.4 Å². The van der Waals surface area contributed by atoms with Gasteiger partial charge in [-0.2, -0.15) is 0 Å². The molecule has 154 valence electrons. The second kappa shape index (κ2) is 9.31. The summed E-state index contributed by atoms with van der Waals surface area (Å²) in [6.07, 6.45) is 4.32. The zero-order valence-electron chi connectivity index (χ0n) is 16.1. The molecule has 1 saturated heterocycles. The van der Waals surface area contributed by atoms with Crippen molar-refractivity contribution in [2.75, 3.05) is 18.1 Å². The van der Waals surface area contributed by atoms with E-state index in [4.69, 9.17) is 4.74 Å². The zero-order chi connectivity index (χ0) is 20.1. The SMILES string of the molecule is CC(Sc1ccccc1)C(=O)OCC(=O)N(C1CCCC1)C1CCS(=O)(=O)C1. The number of esters is 1. The molecule has 0 radical (unpaired) electrons. The van der Waals surface area contributed by atoms with E-state index in [-0.39, 0.29) is 36.1 Å². The van der Waals surface area contributed by atoms with Crippen LogP contribution in [0.2, 0.25) is 0 Å². The van der Waals surface area contributed by atoms with Crippen molar-refractivity contribution < 1.29 is 22.7 Å². The average Bonchev–Trinajstić information content (AvgIpc) is 3.30. The van der Waals surface area contributed by atoms with Gasteiger partial charge in [-0.25, -0.2) is 8.42 Å². The number of rotatable bonds is 7. The number of benzene rings is 1. The van der Waals surface area contributed by atoms with E-state index in [2.05, 4.69) is 0 Å². The summed E-state index contributed by atoms with van der Waals surface area (Å²) < 4.78 is 29.1. The van der Waals surface area contributed by atoms with Gasteiger partial charge in [-0.15, -0.1) is 11.8 Å². The third-order valence-electron chi connectivity index (χ3n) is 5.33. The van der Waals surface area contributed by atoms with Gasteiger partial charge in [-0.1, -0.05) is 31.0 Å². The lowest BCUT2D eigenvalue weighted by Gasteiger charge is -2.34. The summed E-state index contributed by atoms with van der Waals surface area (Å²) in [5.74, 6) is -0.575. The lowest BCUT2D eigenvalue weighted by Crippen LogP contribution is -2.48. The second-order valence-electron chi connectivity index (χ2n) is 7.48. The summed E-state index contributed by atoms with van der Waals surface area (Å²) >= 11 is 1.38. The minimum Gasteiger partial charge on any atom is -0.455 e. The van der Waals surface area contributed by atoms with Crippen LogP contribution in [0.15, 0.2) is 35.2 Å². The van der Waals surface area contributed by atoms with Crippen LogP contribution in [0.5, 0.6) is 0 Å². The molecule has 0 spiro atoms. The molecule has 2 unspecified atom stereocenters. The fraction of sp³-hybridized carbons (Fsp3) is 0.600. The van der Waals surface area contributed by atoms with Gasteiger partial charge in [-0.3, -0.25) is 9.59 Å². The Morgan fingerprint density at radius 2 is 1.82 bits per heavy atom. The van der Waals surface area contributed by atoms with E-state index in [1.807, 2.05) is 30.3 Å². The van der Waals surface area contributed by atoms with E-state index in [1.165, 1.54) is 11.8 Å². The molecule has 3 rings (SSSR count). The summed E-state index contributed by atoms with van der Waals surface area (Å²) in [5.41, 5.74) is 0. The van der Waals surface area contributed by atoms with E-state index in [9.17, 15) is 18.0 Å². The highest BCUT2D eigenvalue weighted by molar-refractivity contribution is 8.00. The van der Waals surface area contributed by atoms with Crippen LogP contribution >= 0.6 is 11.8 Å². The Hall–Kier alpha value is -1.54. The van der Waals surface area contributed by atoms with Gasteiger partial charge >= 0.3 is 5.97 Å². The fourth-order valence-corrected chi connectivity index (χ4v) is 6.56. The molecule has 1 aliphatic carbocycles. The summed E-state index contributed by atoms with van der Waals surface area (Å²) in [7, 11) is -3.09. The monoisotopic (exact) mass is 425 g/mol. The maximum atomic E-state index is 12.9. The van der Waals surface area contributed by atoms with Crippen LogP contribution in [0, 0.1) is 0 Å². The number of hydrogen-bond donors (Lipinski definition) is 0. The molecule has 1 amide bonds. The standard InChI is InChI=1S/C20H27NO5S2/c1-15(27-18-9-3-2-4-10-18)20(23)26-13-19(22)21(16-7-5-6-8-16)17-11-12-28(24,25)14-17/h2-4,9-10,15-17H,5-8,11-14H2,1H3. The second-order valence-corrected chi connectivity index (χ2v) is 11.1. The molecule has 8 heteroatoms. The highest BCUT2D eigenvalue weighted by Gasteiger charge is 2.39. The largest absolute Gasteiger partial charge is 0.455 e. The van der Waals surface area contributed by atoms with Gasteiger partial charge in [0, 0.05) is 17.0 Å². The minimum atomic E-state index is -3.09. The topological polar surface area (TPSA) is 80.8 Å². The first kappa shape index (κ1) is 21.2. The van der Waals surface area contributed by atoms with Gasteiger partial charge in [0.1, 0.15) is 5.25 Å². The van der Waals surface area contributed by atoms with Gasteiger partial charge in [0.25, 0.3) is 5.91 Å². The fourth-order valence-electron chi connectivity index (χ4n) is 3.96. The molecule has 1 aromatic carbocycles. The van der Waals surface area contributed by atoms with Crippen LogP contribution in [0.25, 0.3) is 0 Å². The van der Waals surface area contributed by atoms with Crippen LogP contribution in [0.1, 0.15) is 39.0 Å². The van der Waals surface area contributed by atoms with Crippen molar-refractivity contribution in [1.82, 2.24) is 4.90 Å². The maximum Gasteiger partial charge on any atom is 0.319 e. The van der Waals surface area contributed by atoms with Gasteiger partial charge in [0.05, 0.1) is 11.5 Å². The van der Waals surface area contributed by atoms with Crippen molar-refractivity contribution in [2.45, 2.75) is 61.3 Å². The van der Waals surface area contributed by atoms with Crippen LogP contribution in [-0.2, 0) is 24.2 Å². The number of sulfone groups is 1. The van der Waals surface area contributed by atoms with Crippen LogP contribution in [0.3, 0.4) is 0 Å². The van der Waals surface area contributed by atoms with Crippen LogP contribution < -0.4 is 0 Å². The number of amides is 1. The predicted octanol–water partition coefficient (Wildman–Crippen LogP) is 2.67. The number of hydrogen-bond acceptors (Lipinski definition) is 6. The number of ether oxygens (including phenoxy) is 1. The summed E-state index contributed by atoms with van der Waals surface area (Å²) in [5, 5.41) is -0.429. The smallest absolute Gasteiger partial charge is 0.319 e. The summed E-state index contributed by atoms with van der Waals surface area (Å²) in [6, 6.07) is 9.31. The lowest BCUT2D eigenvalue weighted by molar-refractivity contribution is -0.153. The lowest BCUT2D eigenvalue weighted by atomic mass is 10.1. The minimum absolute atomic E-state index is 0.0173. The Morgan fingerprint density at radius 3 is 2.43 bits per heavy atom. The van der Waals surface area contributed by atoms with Crippen molar-refractivity contribution in [1.29, 1.82) is 0 Å². The first-order valence-electron chi connectivity index (χ1n) is 9.75. The van der Waals surface area contributed by atoms with Gasteiger partial charge in [-0.05, 0) is 38.3 Å². The van der Waals surface area contributed by atoms with Crippen LogP contribution in [0.4, 0.5) is 0 Å². The van der Waals surface area contributed by atoms with E-state index in [0.717, 1.165) is 30.6 Å². The van der Waals surface area contributed by atoms with Crippen molar-refractivity contribution in [2.24, 2.45) is 0 Å². The molecule has 1 saturated carbocycles. The molecule has 1 aliphatic heterocycles. The first-order valence-corrected chi connectivity index (χ1v) is 12.5. The van der Waals surface area contributed by atoms with Crippen molar-refractivity contribution in [3.63, 3.8) is 0 Å². The van der Waals surface area contributed by atoms with E-state index < -0.39 is 21.1 Å². The normalized spacial score (nSPS) is 22.7. The van der Waals surface area contributed by atoms with Gasteiger partial charge in [0.2, 0.25) is 0 Å². The molecule has 2 aliphatic rings. The molecule has 28 heavy (non-hydrogen) atoms. The number of thioether (sulfide) groups is 1. The number of carbonyl (C=O) groups excluding carboxylic acids is 2. The zero-order valence-corrected chi connectivity index (χ0v) is 17.7. The Balaban J connectivity index is 1.58. The first-order chi connectivity index (χ1) is 13.4. The Labute approximate surface area is 170 Å². The number of nitrogens with zero attached hydrogens (tertiary/aromatic N) is 1. The molecule has 0 aromatic heterocycles. The molecule has 2 atom stereocenters. The highest BCUT2D eigenvalue weighted by atomic mass is 32.2. The highest BCUT2D eigenvalue weighted by Crippen LogP contribution is 2.29. The average molecular weight is 426 g/mol. The Morgan fingerprint density at radius 1 is 1.14 bits per heavy atom. The van der Waals surface area contributed by atoms with E-state index in [0.29, 0.717) is 6.42 Å². The third-order valence-corrected chi connectivity index (χ3v) is 8.17. The Kier molecular flexibility index (Phi) is 7.04. The quantitative estimate of drug-likeness (QED) is 0.494. The molecule has 2 fully saturated rings. The van der Waals surface area contributed by atoms with E-state index >= 15 is 0 Å². The molecular weight excluding hydrogens is 398 g/mol. The van der Waals surface area contributed by atoms with E-state index in [1.54, 1.807) is 11.8 Å². The van der Waals surface area contributed by atoms with Crippen LogP contribution in [-0.4, -0.2) is 60.6 Å². The van der Waals surface area contributed by atoms with Crippen molar-refractivity contribution >= 4 is 33.5 Å². The summed E-state index contributed by atoms with van der Waals surface area (Å²) in [6.45, 7) is 1.42. The molecular formula is C20H27NO5S2. The van der Waals surface area contributed by atoms with Crippen molar-refractivity contribution in [3.05, 3.63) is 30.3 Å². The Bertz CT molecular complexity index is 790. The molecule has 1 heterocycles. The maximum absolute atomic E-state index is 12.9. The van der Waals surface area contributed by atoms with Crippen molar-refractivity contribution in [3.8, 4) is 0 Å². The predicted molar refractivity (Wildman–Crippen MR) is 109 cm³/mol. The third kappa shape index (κ3) is 5.50. The van der Waals surface area contributed by atoms with Gasteiger partial charge < -0.3 is 9.64 Å². The molecule has 0 bridgehead atoms. The molecule has 1 aromatic rings. The molecule has 0 N–H and O–H groups in total. The number of carbonyl (C=O) groups is 2. The summed E-state index contributed by atoms with van der Waals surface area (Å²) in [4.78, 5) is 27.8. The molecule has 6 nitrogen and oxygen atoms in total.